The van der Waals surface area contributed by atoms with Gasteiger partial charge in [-0.15, -0.1) is 0 Å². The van der Waals surface area contributed by atoms with Crippen molar-refractivity contribution < 1.29 is 14.3 Å². The molecule has 0 radical (unpaired) electrons. The lowest BCUT2D eigenvalue weighted by Crippen LogP contribution is -2.21. The summed E-state index contributed by atoms with van der Waals surface area (Å²) in [6, 6.07) is 17.3. The molecule has 3 aromatic carbocycles. The molecule has 1 N–H and O–H groups in total. The molecule has 3 aromatic rings. The molecule has 0 spiro atoms. The maximum Gasteiger partial charge on any atom is 0.262 e. The number of amides is 1. The van der Waals surface area contributed by atoms with Crippen molar-refractivity contribution in [1.29, 1.82) is 0 Å². The van der Waals surface area contributed by atoms with E-state index in [0.29, 0.717) is 11.3 Å². The summed E-state index contributed by atoms with van der Waals surface area (Å²) in [5.74, 6) is 0.155. The van der Waals surface area contributed by atoms with Crippen LogP contribution in [-0.2, 0) is 4.79 Å². The molecule has 0 aliphatic carbocycles. The van der Waals surface area contributed by atoms with E-state index in [1.54, 1.807) is 6.07 Å². The summed E-state index contributed by atoms with van der Waals surface area (Å²) in [5, 5.41) is 4.67. The molecular formula is C24H24N2O3. The Kier molecular flexibility index (Phi) is 5.47. The molecule has 148 valence electrons. The first-order chi connectivity index (χ1) is 14.2. The van der Waals surface area contributed by atoms with E-state index in [1.165, 1.54) is 18.5 Å². The van der Waals surface area contributed by atoms with Crippen molar-refractivity contribution in [2.75, 3.05) is 29.9 Å². The fourth-order valence-corrected chi connectivity index (χ4v) is 3.81. The molecule has 1 heterocycles. The van der Waals surface area contributed by atoms with Gasteiger partial charge in [0.1, 0.15) is 5.75 Å². The number of anilines is 2. The molecule has 0 unspecified atom stereocenters. The molecular weight excluding hydrogens is 364 g/mol. The van der Waals surface area contributed by atoms with Crippen LogP contribution in [0.4, 0.5) is 11.4 Å². The maximum atomic E-state index is 12.4. The Morgan fingerprint density at radius 2 is 1.90 bits per heavy atom. The van der Waals surface area contributed by atoms with Crippen LogP contribution in [0.15, 0.2) is 54.6 Å². The largest absolute Gasteiger partial charge is 0.483 e. The first-order valence-electron chi connectivity index (χ1n) is 9.91. The third kappa shape index (κ3) is 4.09. The summed E-state index contributed by atoms with van der Waals surface area (Å²) < 4.78 is 5.66. The number of fused-ring (bicyclic) bond motifs is 1. The Balaban J connectivity index is 1.43. The highest BCUT2D eigenvalue weighted by molar-refractivity contribution is 6.01. The van der Waals surface area contributed by atoms with Crippen LogP contribution in [0.2, 0.25) is 0 Å². The first kappa shape index (κ1) is 19.0. The van der Waals surface area contributed by atoms with Crippen molar-refractivity contribution >= 4 is 34.3 Å². The predicted octanol–water partition coefficient (Wildman–Crippen LogP) is 4.58. The van der Waals surface area contributed by atoms with E-state index in [9.17, 15) is 9.59 Å². The van der Waals surface area contributed by atoms with Crippen molar-refractivity contribution in [1.82, 2.24) is 0 Å². The van der Waals surface area contributed by atoms with Crippen LogP contribution in [0.1, 0.15) is 28.8 Å². The summed E-state index contributed by atoms with van der Waals surface area (Å²) in [5.41, 5.74) is 3.45. The monoisotopic (exact) mass is 388 g/mol. The van der Waals surface area contributed by atoms with Gasteiger partial charge in [0.15, 0.2) is 12.9 Å². The highest BCUT2D eigenvalue weighted by atomic mass is 16.5. The van der Waals surface area contributed by atoms with Gasteiger partial charge in [-0.3, -0.25) is 9.59 Å². The molecule has 1 amide bonds. The summed E-state index contributed by atoms with van der Waals surface area (Å²) >= 11 is 0. The highest BCUT2D eigenvalue weighted by Crippen LogP contribution is 2.27. The van der Waals surface area contributed by atoms with Crippen molar-refractivity contribution in [2.45, 2.75) is 19.8 Å². The summed E-state index contributed by atoms with van der Waals surface area (Å²) in [7, 11) is 0. The second-order valence-corrected chi connectivity index (χ2v) is 7.35. The number of benzene rings is 3. The van der Waals surface area contributed by atoms with E-state index in [2.05, 4.69) is 16.3 Å². The molecule has 29 heavy (non-hydrogen) atoms. The van der Waals surface area contributed by atoms with Crippen molar-refractivity contribution in [3.8, 4) is 5.75 Å². The van der Waals surface area contributed by atoms with Crippen molar-refractivity contribution in [3.63, 3.8) is 0 Å². The van der Waals surface area contributed by atoms with Gasteiger partial charge < -0.3 is 15.0 Å². The number of aryl methyl sites for hydroxylation is 1. The zero-order chi connectivity index (χ0) is 20.2. The highest BCUT2D eigenvalue weighted by Gasteiger charge is 2.14. The molecule has 1 aliphatic rings. The lowest BCUT2D eigenvalue weighted by molar-refractivity contribution is -0.118. The Labute approximate surface area is 170 Å². The van der Waals surface area contributed by atoms with Crippen molar-refractivity contribution in [2.24, 2.45) is 0 Å². The maximum absolute atomic E-state index is 12.4. The van der Waals surface area contributed by atoms with E-state index >= 15 is 0 Å². The van der Waals surface area contributed by atoms with Gasteiger partial charge in [-0.05, 0) is 60.4 Å². The van der Waals surface area contributed by atoms with Gasteiger partial charge >= 0.3 is 0 Å². The molecule has 1 aliphatic heterocycles. The standard InChI is InChI=1S/C24H24N2O3/c1-17-14-19(26-12-4-5-13-26)9-10-22(17)25-24(28)16-29-23-11-8-18-6-2-3-7-20(18)21(23)15-27/h2-3,6-11,14-15H,4-5,12-13,16H2,1H3,(H,25,28). The molecule has 0 saturated carbocycles. The van der Waals surface area contributed by atoms with E-state index in [1.807, 2.05) is 49.4 Å². The summed E-state index contributed by atoms with van der Waals surface area (Å²) in [4.78, 5) is 26.3. The molecule has 1 saturated heterocycles. The summed E-state index contributed by atoms with van der Waals surface area (Å²) in [6.07, 6.45) is 3.23. The lowest BCUT2D eigenvalue weighted by Gasteiger charge is -2.19. The quantitative estimate of drug-likeness (QED) is 0.628. The third-order valence-corrected chi connectivity index (χ3v) is 5.36. The van der Waals surface area contributed by atoms with E-state index in [4.69, 9.17) is 4.74 Å². The van der Waals surface area contributed by atoms with Gasteiger partial charge in [0, 0.05) is 24.5 Å². The zero-order valence-electron chi connectivity index (χ0n) is 16.5. The van der Waals surface area contributed by atoms with Crippen LogP contribution in [0.25, 0.3) is 10.8 Å². The lowest BCUT2D eigenvalue weighted by atomic mass is 10.0. The van der Waals surface area contributed by atoms with Gasteiger partial charge in [-0.2, -0.15) is 0 Å². The number of carbonyl (C=O) groups is 2. The number of hydrogen-bond acceptors (Lipinski definition) is 4. The Bertz CT molecular complexity index is 1060. The number of rotatable bonds is 6. The van der Waals surface area contributed by atoms with Gasteiger partial charge in [0.25, 0.3) is 5.91 Å². The number of hydrogen-bond donors (Lipinski definition) is 1. The van der Waals surface area contributed by atoms with Crippen LogP contribution in [0.3, 0.4) is 0 Å². The van der Waals surface area contributed by atoms with Gasteiger partial charge in [-0.25, -0.2) is 0 Å². The van der Waals surface area contributed by atoms with Crippen LogP contribution in [0, 0.1) is 6.92 Å². The normalized spacial score (nSPS) is 13.5. The fraction of sp³-hybridized carbons (Fsp3) is 0.250. The SMILES string of the molecule is Cc1cc(N2CCCC2)ccc1NC(=O)COc1ccc2ccccc2c1C=O. The fourth-order valence-electron chi connectivity index (χ4n) is 3.81. The molecule has 5 heteroatoms. The first-order valence-corrected chi connectivity index (χ1v) is 9.91. The van der Waals surface area contributed by atoms with Crippen LogP contribution >= 0.6 is 0 Å². The second-order valence-electron chi connectivity index (χ2n) is 7.35. The average molecular weight is 388 g/mol. The Morgan fingerprint density at radius 1 is 1.10 bits per heavy atom. The van der Waals surface area contributed by atoms with E-state index < -0.39 is 0 Å². The second kappa shape index (κ2) is 8.35. The summed E-state index contributed by atoms with van der Waals surface area (Å²) in [6.45, 7) is 4.00. The molecule has 5 nitrogen and oxygen atoms in total. The van der Waals surface area contributed by atoms with E-state index in [-0.39, 0.29) is 12.5 Å². The number of nitrogens with zero attached hydrogens (tertiary/aromatic N) is 1. The minimum absolute atomic E-state index is 0.160. The number of carbonyl (C=O) groups excluding carboxylic acids is 2. The van der Waals surface area contributed by atoms with Gasteiger partial charge in [0.05, 0.1) is 5.56 Å². The van der Waals surface area contributed by atoms with Gasteiger partial charge in [-0.1, -0.05) is 30.3 Å². The van der Waals surface area contributed by atoms with Crippen molar-refractivity contribution in [3.05, 3.63) is 65.7 Å². The minimum atomic E-state index is -0.257. The average Bonchev–Trinajstić information content (AvgIpc) is 3.28. The van der Waals surface area contributed by atoms with Crippen LogP contribution in [-0.4, -0.2) is 31.9 Å². The topological polar surface area (TPSA) is 58.6 Å². The third-order valence-electron chi connectivity index (χ3n) is 5.36. The number of ether oxygens (including phenoxy) is 1. The minimum Gasteiger partial charge on any atom is -0.483 e. The van der Waals surface area contributed by atoms with Crippen LogP contribution in [0.5, 0.6) is 5.75 Å². The molecule has 0 atom stereocenters. The Morgan fingerprint density at radius 3 is 2.66 bits per heavy atom. The molecule has 0 bridgehead atoms. The predicted molar refractivity (Wildman–Crippen MR) is 116 cm³/mol. The molecule has 4 rings (SSSR count). The number of aldehydes is 1. The van der Waals surface area contributed by atoms with E-state index in [0.717, 1.165) is 41.4 Å². The molecule has 1 fully saturated rings. The molecule has 0 aromatic heterocycles. The smallest absolute Gasteiger partial charge is 0.262 e. The Hall–Kier alpha value is -3.34. The number of nitrogens with one attached hydrogen (secondary N) is 1. The zero-order valence-corrected chi connectivity index (χ0v) is 16.5. The van der Waals surface area contributed by atoms with Gasteiger partial charge in [0.2, 0.25) is 0 Å². The van der Waals surface area contributed by atoms with Crippen LogP contribution < -0.4 is 15.0 Å².